The number of nitrogens with one attached hydrogen (secondary N) is 1. The number of thioether (sulfide) groups is 1. The van der Waals surface area contributed by atoms with E-state index in [0.717, 1.165) is 6.61 Å². The Morgan fingerprint density at radius 1 is 1.38 bits per heavy atom. The summed E-state index contributed by atoms with van der Waals surface area (Å²) in [5.41, 5.74) is 0. The van der Waals surface area contributed by atoms with Crippen molar-refractivity contribution in [2.24, 2.45) is 0 Å². The highest BCUT2D eigenvalue weighted by Gasteiger charge is 2.23. The molecule has 0 aromatic heterocycles. The Balaban J connectivity index is 2.19. The van der Waals surface area contributed by atoms with Crippen molar-refractivity contribution in [3.63, 3.8) is 0 Å². The van der Waals surface area contributed by atoms with Crippen molar-refractivity contribution < 1.29 is 4.74 Å². The van der Waals surface area contributed by atoms with Gasteiger partial charge in [0, 0.05) is 29.2 Å². The molecule has 0 aliphatic carbocycles. The minimum absolute atomic E-state index is 0.364. The first-order chi connectivity index (χ1) is 7.38. The van der Waals surface area contributed by atoms with E-state index in [1.54, 1.807) is 0 Å². The molecule has 0 bridgehead atoms. The van der Waals surface area contributed by atoms with Crippen molar-refractivity contribution in [2.75, 3.05) is 12.4 Å². The van der Waals surface area contributed by atoms with Gasteiger partial charge < -0.3 is 10.1 Å². The molecule has 3 atom stereocenters. The van der Waals surface area contributed by atoms with Gasteiger partial charge in [0.15, 0.2) is 0 Å². The molecule has 1 aliphatic rings. The molecule has 0 spiro atoms. The fourth-order valence-corrected chi connectivity index (χ4v) is 2.82. The molecule has 0 saturated carbocycles. The van der Waals surface area contributed by atoms with E-state index in [9.17, 15) is 0 Å². The summed E-state index contributed by atoms with van der Waals surface area (Å²) < 4.78 is 6.06. The second-order valence-corrected chi connectivity index (χ2v) is 7.68. The zero-order valence-corrected chi connectivity index (χ0v) is 12.2. The van der Waals surface area contributed by atoms with Crippen LogP contribution in [0, 0.1) is 0 Å². The molecule has 1 rings (SSSR count). The quantitative estimate of drug-likeness (QED) is 0.804. The Hall–Kier alpha value is 0.270. The van der Waals surface area contributed by atoms with E-state index in [2.05, 4.69) is 39.9 Å². The van der Waals surface area contributed by atoms with Gasteiger partial charge in [-0.15, -0.1) is 0 Å². The number of hydrogen-bond donors (Lipinski definition) is 1. The predicted molar refractivity (Wildman–Crippen MR) is 73.2 cm³/mol. The van der Waals surface area contributed by atoms with Crippen LogP contribution in [0.2, 0.25) is 0 Å². The molecule has 0 aromatic rings. The number of hydrogen-bond acceptors (Lipinski definition) is 3. The highest BCUT2D eigenvalue weighted by molar-refractivity contribution is 8.00. The van der Waals surface area contributed by atoms with Crippen molar-refractivity contribution in [3.8, 4) is 0 Å². The highest BCUT2D eigenvalue weighted by atomic mass is 32.2. The van der Waals surface area contributed by atoms with Crippen LogP contribution >= 0.6 is 11.8 Å². The SMILES string of the molecule is C[C@H](CSC(C)(C)C)N[C@H](C)[C@H]1CCCO1. The van der Waals surface area contributed by atoms with Gasteiger partial charge in [0.25, 0.3) is 0 Å². The van der Waals surface area contributed by atoms with Gasteiger partial charge in [0.05, 0.1) is 6.10 Å². The van der Waals surface area contributed by atoms with Gasteiger partial charge in [0.2, 0.25) is 0 Å². The fourth-order valence-electron chi connectivity index (χ4n) is 1.98. The van der Waals surface area contributed by atoms with Crippen molar-refractivity contribution in [3.05, 3.63) is 0 Å². The second-order valence-electron chi connectivity index (χ2n) is 5.83. The zero-order chi connectivity index (χ0) is 12.2. The van der Waals surface area contributed by atoms with Crippen LogP contribution in [0.25, 0.3) is 0 Å². The van der Waals surface area contributed by atoms with E-state index in [1.807, 2.05) is 11.8 Å². The standard InChI is InChI=1S/C13H27NOS/c1-10(9-16-13(3,4)5)14-11(2)12-7-6-8-15-12/h10-12,14H,6-9H2,1-5H3/t10-,11-,12-/m1/s1. The summed E-state index contributed by atoms with van der Waals surface area (Å²) in [7, 11) is 0. The van der Waals surface area contributed by atoms with Crippen molar-refractivity contribution in [2.45, 2.75) is 70.4 Å². The third-order valence-electron chi connectivity index (χ3n) is 2.84. The summed E-state index contributed by atoms with van der Waals surface area (Å²) in [6.45, 7) is 12.3. The van der Waals surface area contributed by atoms with Crippen molar-refractivity contribution in [1.29, 1.82) is 0 Å². The predicted octanol–water partition coefficient (Wildman–Crippen LogP) is 3.06. The maximum absolute atomic E-state index is 5.69. The molecule has 3 heteroatoms. The average molecular weight is 245 g/mol. The minimum atomic E-state index is 0.364. The largest absolute Gasteiger partial charge is 0.377 e. The van der Waals surface area contributed by atoms with Crippen LogP contribution < -0.4 is 5.32 Å². The van der Waals surface area contributed by atoms with Gasteiger partial charge >= 0.3 is 0 Å². The van der Waals surface area contributed by atoms with Crippen LogP contribution in [0.5, 0.6) is 0 Å². The topological polar surface area (TPSA) is 21.3 Å². The summed E-state index contributed by atoms with van der Waals surface area (Å²) in [5.74, 6) is 1.17. The van der Waals surface area contributed by atoms with Gasteiger partial charge in [-0.1, -0.05) is 20.8 Å². The van der Waals surface area contributed by atoms with Crippen LogP contribution in [-0.2, 0) is 4.74 Å². The van der Waals surface area contributed by atoms with Crippen LogP contribution in [0.3, 0.4) is 0 Å². The molecule has 1 saturated heterocycles. The molecule has 0 amide bonds. The third kappa shape index (κ3) is 5.55. The van der Waals surface area contributed by atoms with Crippen LogP contribution in [0.4, 0.5) is 0 Å². The molecule has 96 valence electrons. The van der Waals surface area contributed by atoms with Crippen molar-refractivity contribution in [1.82, 2.24) is 5.32 Å². The first-order valence-electron chi connectivity index (χ1n) is 6.40. The molecule has 1 N–H and O–H groups in total. The van der Waals surface area contributed by atoms with E-state index >= 15 is 0 Å². The molecular weight excluding hydrogens is 218 g/mol. The Bertz CT molecular complexity index is 197. The number of ether oxygens (including phenoxy) is 1. The van der Waals surface area contributed by atoms with E-state index in [-0.39, 0.29) is 0 Å². The average Bonchev–Trinajstić information content (AvgIpc) is 2.66. The Labute approximate surface area is 105 Å². The Kier molecular flexibility index (Phi) is 5.62. The lowest BCUT2D eigenvalue weighted by Crippen LogP contribution is -2.43. The minimum Gasteiger partial charge on any atom is -0.377 e. The molecule has 1 fully saturated rings. The lowest BCUT2D eigenvalue weighted by molar-refractivity contribution is 0.0813. The number of rotatable bonds is 5. The van der Waals surface area contributed by atoms with Crippen LogP contribution in [-0.4, -0.2) is 35.3 Å². The van der Waals surface area contributed by atoms with Gasteiger partial charge in [-0.3, -0.25) is 0 Å². The second kappa shape index (κ2) is 6.27. The van der Waals surface area contributed by atoms with Gasteiger partial charge in [0.1, 0.15) is 0 Å². The fraction of sp³-hybridized carbons (Fsp3) is 1.00. The summed E-state index contributed by atoms with van der Waals surface area (Å²) in [6.07, 6.45) is 2.87. The van der Waals surface area contributed by atoms with Gasteiger partial charge in [-0.2, -0.15) is 11.8 Å². The molecule has 0 radical (unpaired) electrons. The van der Waals surface area contributed by atoms with Crippen LogP contribution in [0.15, 0.2) is 0 Å². The summed E-state index contributed by atoms with van der Waals surface area (Å²) in [4.78, 5) is 0. The van der Waals surface area contributed by atoms with Gasteiger partial charge in [-0.05, 0) is 26.7 Å². The molecule has 1 heterocycles. The van der Waals surface area contributed by atoms with E-state index in [4.69, 9.17) is 4.74 Å². The summed E-state index contributed by atoms with van der Waals surface area (Å²) in [5, 5.41) is 3.65. The molecule has 1 aliphatic heterocycles. The Morgan fingerprint density at radius 2 is 2.06 bits per heavy atom. The van der Waals surface area contributed by atoms with Gasteiger partial charge in [-0.25, -0.2) is 0 Å². The zero-order valence-electron chi connectivity index (χ0n) is 11.4. The summed E-state index contributed by atoms with van der Waals surface area (Å²) >= 11 is 2.02. The Morgan fingerprint density at radius 3 is 2.56 bits per heavy atom. The molecule has 0 unspecified atom stereocenters. The monoisotopic (exact) mass is 245 g/mol. The first kappa shape index (κ1) is 14.3. The third-order valence-corrected chi connectivity index (χ3v) is 4.37. The summed E-state index contributed by atoms with van der Waals surface area (Å²) in [6, 6.07) is 1.04. The molecule has 2 nitrogen and oxygen atoms in total. The van der Waals surface area contributed by atoms with E-state index in [0.29, 0.717) is 22.9 Å². The van der Waals surface area contributed by atoms with Crippen LogP contribution in [0.1, 0.15) is 47.5 Å². The lowest BCUT2D eigenvalue weighted by Gasteiger charge is -2.26. The maximum atomic E-state index is 5.69. The first-order valence-corrected chi connectivity index (χ1v) is 7.38. The molecular formula is C13H27NOS. The normalized spacial score (nSPS) is 25.7. The van der Waals surface area contributed by atoms with Crippen molar-refractivity contribution >= 4 is 11.8 Å². The smallest absolute Gasteiger partial charge is 0.0726 e. The molecule has 0 aromatic carbocycles. The maximum Gasteiger partial charge on any atom is 0.0726 e. The van der Waals surface area contributed by atoms with E-state index in [1.165, 1.54) is 18.6 Å². The molecule has 16 heavy (non-hydrogen) atoms. The lowest BCUT2D eigenvalue weighted by atomic mass is 10.1. The highest BCUT2D eigenvalue weighted by Crippen LogP contribution is 2.24. The van der Waals surface area contributed by atoms with E-state index < -0.39 is 0 Å².